The van der Waals surface area contributed by atoms with Crippen LogP contribution in [0.4, 0.5) is 0 Å². The number of hydrazone groups is 1. The highest BCUT2D eigenvalue weighted by molar-refractivity contribution is 6.39. The first-order valence-corrected chi connectivity index (χ1v) is 5.12. The summed E-state index contributed by atoms with van der Waals surface area (Å²) in [7, 11) is 11.3. The minimum absolute atomic E-state index is 0.885. The highest BCUT2D eigenvalue weighted by Crippen LogP contribution is 1.89. The summed E-state index contributed by atoms with van der Waals surface area (Å²) in [4.78, 5) is 4.10. The third kappa shape index (κ3) is 3.88. The highest BCUT2D eigenvalue weighted by atomic mass is 15.4. The van der Waals surface area contributed by atoms with Gasteiger partial charge >= 0.3 is 0 Å². The molecule has 0 bridgehead atoms. The molecular weight excluding hydrogens is 200 g/mol. The molecule has 4 heteroatoms. The largest absolute Gasteiger partial charge is 0.367 e. The Morgan fingerprint density at radius 1 is 0.938 bits per heavy atom. The third-order valence-electron chi connectivity index (χ3n) is 2.61. The van der Waals surface area contributed by atoms with E-state index in [2.05, 4.69) is 24.2 Å². The molecule has 0 heterocycles. The van der Waals surface area contributed by atoms with Crippen molar-refractivity contribution in [2.75, 3.05) is 14.1 Å². The number of hydrogen-bond acceptors (Lipinski definition) is 2. The van der Waals surface area contributed by atoms with Crippen LogP contribution >= 0.6 is 0 Å². The van der Waals surface area contributed by atoms with Crippen LogP contribution in [0.25, 0.3) is 0 Å². The topological polar surface area (TPSA) is 30.7 Å². The van der Waals surface area contributed by atoms with Crippen LogP contribution in [-0.4, -0.2) is 46.2 Å². The summed E-state index contributed by atoms with van der Waals surface area (Å²) in [6, 6.07) is 0. The van der Waals surface area contributed by atoms with Gasteiger partial charge in [-0.3, -0.25) is 0 Å². The summed E-state index contributed by atoms with van der Waals surface area (Å²) < 4.78 is 3.37. The van der Waals surface area contributed by atoms with E-state index >= 15 is 0 Å². The van der Waals surface area contributed by atoms with E-state index < -0.39 is 0 Å². The van der Waals surface area contributed by atoms with Crippen LogP contribution in [0.5, 0.6) is 0 Å². The van der Waals surface area contributed by atoms with Crippen LogP contribution in [0.1, 0.15) is 27.7 Å². The van der Waals surface area contributed by atoms with Gasteiger partial charge in [-0.1, -0.05) is 0 Å². The SMILES string of the molecule is [CH2-][N+](/N=C(C)\C(C)=[N+](/[CH2-])C)=C(C)/C(C)=N\C. The Morgan fingerprint density at radius 3 is 1.81 bits per heavy atom. The normalized spacial score (nSPS) is 16.9. The molecule has 0 aromatic heterocycles. The summed E-state index contributed by atoms with van der Waals surface area (Å²) in [5.74, 6) is 0. The van der Waals surface area contributed by atoms with E-state index in [0.717, 1.165) is 22.8 Å². The zero-order valence-corrected chi connectivity index (χ0v) is 11.2. The van der Waals surface area contributed by atoms with E-state index in [0.29, 0.717) is 0 Å². The fourth-order valence-corrected chi connectivity index (χ4v) is 0.953. The molecule has 16 heavy (non-hydrogen) atoms. The molecule has 0 fully saturated rings. The molecule has 0 aliphatic rings. The first kappa shape index (κ1) is 14.4. The molecule has 0 aromatic carbocycles. The van der Waals surface area contributed by atoms with Crippen molar-refractivity contribution in [1.29, 1.82) is 0 Å². The predicted molar refractivity (Wildman–Crippen MR) is 70.7 cm³/mol. The number of nitrogens with zero attached hydrogens (tertiary/aromatic N) is 4. The first-order valence-electron chi connectivity index (χ1n) is 5.12. The molecule has 0 radical (unpaired) electrons. The summed E-state index contributed by atoms with van der Waals surface area (Å²) in [5, 5.41) is 4.37. The van der Waals surface area contributed by atoms with Gasteiger partial charge in [-0.2, -0.15) is 0 Å². The van der Waals surface area contributed by atoms with Crippen LogP contribution < -0.4 is 0 Å². The lowest BCUT2D eigenvalue weighted by Crippen LogP contribution is -2.21. The van der Waals surface area contributed by atoms with Crippen molar-refractivity contribution in [2.24, 2.45) is 10.1 Å². The van der Waals surface area contributed by atoms with Gasteiger partial charge in [0.05, 0.1) is 17.1 Å². The zero-order chi connectivity index (χ0) is 12.9. The summed E-state index contributed by atoms with van der Waals surface area (Å²) in [6.07, 6.45) is 0. The van der Waals surface area contributed by atoms with Gasteiger partial charge in [-0.15, -0.1) is 0 Å². The maximum Gasteiger partial charge on any atom is 0.105 e. The second-order valence-corrected chi connectivity index (χ2v) is 3.76. The molecule has 0 saturated heterocycles. The van der Waals surface area contributed by atoms with Crippen LogP contribution in [0.2, 0.25) is 0 Å². The van der Waals surface area contributed by atoms with Crippen LogP contribution in [0, 0.1) is 14.1 Å². The highest BCUT2D eigenvalue weighted by Gasteiger charge is 2.02. The average Bonchev–Trinajstić information content (AvgIpc) is 2.25. The molecule has 0 unspecified atom stereocenters. The fourth-order valence-electron chi connectivity index (χ4n) is 0.953. The Labute approximate surface area is 98.7 Å². The Morgan fingerprint density at radius 2 is 1.44 bits per heavy atom. The van der Waals surface area contributed by atoms with E-state index in [9.17, 15) is 0 Å². The van der Waals surface area contributed by atoms with Gasteiger partial charge in [0, 0.05) is 19.8 Å². The summed E-state index contributed by atoms with van der Waals surface area (Å²) in [5.41, 5.74) is 3.75. The van der Waals surface area contributed by atoms with E-state index in [-0.39, 0.29) is 0 Å². The van der Waals surface area contributed by atoms with Crippen molar-refractivity contribution in [3.8, 4) is 0 Å². The fraction of sp³-hybridized carbons (Fsp3) is 0.500. The quantitative estimate of drug-likeness (QED) is 0.301. The van der Waals surface area contributed by atoms with Gasteiger partial charge < -0.3 is 9.57 Å². The van der Waals surface area contributed by atoms with Crippen LogP contribution in [0.15, 0.2) is 10.1 Å². The lowest BCUT2D eigenvalue weighted by molar-refractivity contribution is -0.469. The summed E-state index contributed by atoms with van der Waals surface area (Å²) in [6.45, 7) is 7.77. The van der Waals surface area contributed by atoms with E-state index in [1.165, 1.54) is 0 Å². The minimum Gasteiger partial charge on any atom is -0.367 e. The van der Waals surface area contributed by atoms with Crippen LogP contribution in [0.3, 0.4) is 0 Å². The molecule has 0 N–H and O–H groups in total. The molecule has 0 saturated carbocycles. The van der Waals surface area contributed by atoms with Gasteiger partial charge in [0.25, 0.3) is 0 Å². The maximum atomic E-state index is 4.37. The van der Waals surface area contributed by atoms with Gasteiger partial charge in [-0.05, 0) is 39.8 Å². The van der Waals surface area contributed by atoms with Crippen molar-refractivity contribution in [2.45, 2.75) is 27.7 Å². The molecule has 0 amide bonds. The molecule has 0 aliphatic carbocycles. The Balaban J connectivity index is 5.28. The second-order valence-electron chi connectivity index (χ2n) is 3.76. The predicted octanol–water partition coefficient (Wildman–Crippen LogP) is 1.61. The standard InChI is InChI=1S/C12H22N4/c1-9(13-5)12(4)16(8)14-10(2)11(3)15(6)7/h6,8H2,1-5,7H3/b13-9-,14-10-. The Bertz CT molecular complexity index is 380. The Kier molecular flexibility index (Phi) is 5.50. The lowest BCUT2D eigenvalue weighted by atomic mass is 10.3. The molecular formula is C12H22N4. The van der Waals surface area contributed by atoms with Crippen molar-refractivity contribution in [3.05, 3.63) is 14.1 Å². The number of aliphatic imine (C=N–C) groups is 1. The molecule has 0 atom stereocenters. The average molecular weight is 222 g/mol. The molecule has 4 nitrogen and oxygen atoms in total. The van der Waals surface area contributed by atoms with Crippen molar-refractivity contribution in [1.82, 2.24) is 0 Å². The van der Waals surface area contributed by atoms with Crippen molar-refractivity contribution < 1.29 is 9.26 Å². The van der Waals surface area contributed by atoms with E-state index in [4.69, 9.17) is 0 Å². The molecule has 0 spiro atoms. The lowest BCUT2D eigenvalue weighted by Gasteiger charge is -2.07. The first-order chi connectivity index (χ1) is 7.31. The van der Waals surface area contributed by atoms with E-state index in [1.807, 2.05) is 34.7 Å². The smallest absolute Gasteiger partial charge is 0.105 e. The van der Waals surface area contributed by atoms with Gasteiger partial charge in [0.1, 0.15) is 7.05 Å². The zero-order valence-electron chi connectivity index (χ0n) is 11.2. The molecule has 0 aliphatic heterocycles. The number of hydrogen-bond donors (Lipinski definition) is 0. The van der Waals surface area contributed by atoms with Gasteiger partial charge in [0.2, 0.25) is 0 Å². The Hall–Kier alpha value is -1.58. The van der Waals surface area contributed by atoms with Gasteiger partial charge in [-0.25, -0.2) is 4.68 Å². The molecule has 0 rings (SSSR count). The third-order valence-corrected chi connectivity index (χ3v) is 2.61. The van der Waals surface area contributed by atoms with Crippen molar-refractivity contribution >= 4 is 22.8 Å². The van der Waals surface area contributed by atoms with E-state index in [1.54, 1.807) is 16.3 Å². The molecule has 90 valence electrons. The monoisotopic (exact) mass is 222 g/mol. The van der Waals surface area contributed by atoms with Crippen LogP contribution in [-0.2, 0) is 0 Å². The second kappa shape index (κ2) is 6.10. The maximum absolute atomic E-state index is 4.37. The summed E-state index contributed by atoms with van der Waals surface area (Å²) >= 11 is 0. The number of rotatable bonds is 3. The minimum atomic E-state index is 0.885. The van der Waals surface area contributed by atoms with Crippen molar-refractivity contribution in [3.63, 3.8) is 0 Å². The molecule has 0 aromatic rings. The van der Waals surface area contributed by atoms with Gasteiger partial charge in [0.15, 0.2) is 0 Å².